The van der Waals surface area contributed by atoms with Crippen molar-refractivity contribution >= 4 is 41.2 Å². The number of methoxy groups -OCH3 is 1. The predicted molar refractivity (Wildman–Crippen MR) is 81.8 cm³/mol. The van der Waals surface area contributed by atoms with Crippen LogP contribution in [0.1, 0.15) is 20.8 Å². The number of thioether (sulfide) groups is 1. The molecule has 0 aliphatic heterocycles. The summed E-state index contributed by atoms with van der Waals surface area (Å²) in [6.07, 6.45) is -0.641. The summed E-state index contributed by atoms with van der Waals surface area (Å²) in [6, 6.07) is 3.23. The molecule has 1 heterocycles. The molecule has 6 nitrogen and oxygen atoms in total. The maximum atomic E-state index is 11.8. The molecule has 1 aromatic heterocycles. The lowest BCUT2D eigenvalue weighted by molar-refractivity contribution is -0.137. The molecule has 116 valence electrons. The van der Waals surface area contributed by atoms with Crippen LogP contribution >= 0.6 is 23.4 Å². The van der Waals surface area contributed by atoms with Gasteiger partial charge in [-0.1, -0.05) is 11.6 Å². The van der Waals surface area contributed by atoms with Crippen LogP contribution in [0.15, 0.2) is 17.0 Å². The van der Waals surface area contributed by atoms with Gasteiger partial charge in [0.25, 0.3) is 0 Å². The Morgan fingerprint density at radius 1 is 1.38 bits per heavy atom. The second kappa shape index (κ2) is 7.51. The highest BCUT2D eigenvalue weighted by Gasteiger charge is 2.18. The van der Waals surface area contributed by atoms with E-state index in [0.717, 1.165) is 0 Å². The van der Waals surface area contributed by atoms with E-state index in [-0.39, 0.29) is 22.7 Å². The van der Waals surface area contributed by atoms with Crippen LogP contribution in [0.3, 0.4) is 0 Å². The largest absolute Gasteiger partial charge is 0.468 e. The van der Waals surface area contributed by atoms with Crippen molar-refractivity contribution in [3.8, 4) is 0 Å². The van der Waals surface area contributed by atoms with E-state index in [0.29, 0.717) is 4.90 Å². The van der Waals surface area contributed by atoms with Gasteiger partial charge in [0.05, 0.1) is 17.8 Å². The first-order valence-corrected chi connectivity index (χ1v) is 7.44. The maximum Gasteiger partial charge on any atom is 0.413 e. The monoisotopic (exact) mass is 332 g/mol. The Morgan fingerprint density at radius 3 is 2.62 bits per heavy atom. The molecule has 8 heteroatoms. The van der Waals surface area contributed by atoms with Gasteiger partial charge in [-0.2, -0.15) is 0 Å². The molecular weight excluding hydrogens is 316 g/mol. The minimum atomic E-state index is -0.641. The van der Waals surface area contributed by atoms with Gasteiger partial charge in [-0.25, -0.2) is 9.78 Å². The summed E-state index contributed by atoms with van der Waals surface area (Å²) in [5, 5.41) is 2.75. The highest BCUT2D eigenvalue weighted by Crippen LogP contribution is 2.27. The molecule has 0 atom stereocenters. The van der Waals surface area contributed by atoms with Gasteiger partial charge >= 0.3 is 12.1 Å². The Kier molecular flexibility index (Phi) is 6.29. The zero-order valence-corrected chi connectivity index (χ0v) is 13.8. The molecule has 1 rings (SSSR count). The average Bonchev–Trinajstić information content (AvgIpc) is 2.35. The molecular formula is C13H17ClN2O4S. The molecule has 1 N–H and O–H groups in total. The SMILES string of the molecule is COC(=O)CSc1ccc(Cl)nc1NC(=O)OC(C)(C)C. The third kappa shape index (κ3) is 6.68. The first kappa shape index (κ1) is 17.6. The number of hydrogen-bond acceptors (Lipinski definition) is 6. The van der Waals surface area contributed by atoms with Crippen molar-refractivity contribution in [3.63, 3.8) is 0 Å². The van der Waals surface area contributed by atoms with Gasteiger partial charge in [-0.05, 0) is 32.9 Å². The van der Waals surface area contributed by atoms with E-state index in [1.54, 1.807) is 32.9 Å². The minimum absolute atomic E-state index is 0.100. The quantitative estimate of drug-likeness (QED) is 0.517. The van der Waals surface area contributed by atoms with Gasteiger partial charge in [0.15, 0.2) is 5.82 Å². The van der Waals surface area contributed by atoms with Crippen molar-refractivity contribution in [1.82, 2.24) is 4.98 Å². The first-order chi connectivity index (χ1) is 9.71. The lowest BCUT2D eigenvalue weighted by Gasteiger charge is -2.20. The number of nitrogens with one attached hydrogen (secondary N) is 1. The molecule has 0 aromatic carbocycles. The molecule has 0 aliphatic rings. The number of aromatic nitrogens is 1. The summed E-state index contributed by atoms with van der Waals surface area (Å²) in [5.74, 6) is -0.0353. The lowest BCUT2D eigenvalue weighted by Crippen LogP contribution is -2.27. The number of ether oxygens (including phenoxy) is 2. The number of rotatable bonds is 4. The normalized spacial score (nSPS) is 10.9. The average molecular weight is 333 g/mol. The van der Waals surface area contributed by atoms with E-state index in [4.69, 9.17) is 16.3 Å². The van der Waals surface area contributed by atoms with Crippen LogP contribution in [0.25, 0.3) is 0 Å². The number of nitrogens with zero attached hydrogens (tertiary/aromatic N) is 1. The number of carbonyl (C=O) groups excluding carboxylic acids is 2. The number of carbonyl (C=O) groups is 2. The van der Waals surface area contributed by atoms with E-state index >= 15 is 0 Å². The number of anilines is 1. The van der Waals surface area contributed by atoms with E-state index in [1.165, 1.54) is 18.9 Å². The Labute approximate surface area is 132 Å². The molecule has 1 amide bonds. The van der Waals surface area contributed by atoms with Crippen LogP contribution in [-0.4, -0.2) is 35.5 Å². The van der Waals surface area contributed by atoms with E-state index < -0.39 is 11.7 Å². The Bertz CT molecular complexity index is 531. The summed E-state index contributed by atoms with van der Waals surface area (Å²) in [5.41, 5.74) is -0.623. The van der Waals surface area contributed by atoms with Crippen LogP contribution in [-0.2, 0) is 14.3 Å². The summed E-state index contributed by atoms with van der Waals surface area (Å²) in [6.45, 7) is 5.26. The fourth-order valence-electron chi connectivity index (χ4n) is 1.22. The number of halogens is 1. The van der Waals surface area contributed by atoms with Gasteiger partial charge in [0, 0.05) is 0 Å². The molecule has 21 heavy (non-hydrogen) atoms. The third-order valence-corrected chi connectivity index (χ3v) is 3.25. The molecule has 0 radical (unpaired) electrons. The second-order valence-electron chi connectivity index (χ2n) is 4.97. The molecule has 0 fully saturated rings. The van der Waals surface area contributed by atoms with Crippen molar-refractivity contribution in [3.05, 3.63) is 17.3 Å². The van der Waals surface area contributed by atoms with Crippen molar-refractivity contribution < 1.29 is 19.1 Å². The molecule has 0 unspecified atom stereocenters. The summed E-state index contributed by atoms with van der Waals surface area (Å²) in [4.78, 5) is 27.6. The van der Waals surface area contributed by atoms with Crippen molar-refractivity contribution in [2.75, 3.05) is 18.2 Å². The van der Waals surface area contributed by atoms with Crippen molar-refractivity contribution in [2.45, 2.75) is 31.3 Å². The Hall–Kier alpha value is -1.47. The van der Waals surface area contributed by atoms with Crippen LogP contribution in [0.5, 0.6) is 0 Å². The maximum absolute atomic E-state index is 11.8. The highest BCUT2D eigenvalue weighted by atomic mass is 35.5. The standard InChI is InChI=1S/C13H17ClN2O4S/c1-13(2,3)20-12(18)16-11-8(5-6-9(14)15-11)21-7-10(17)19-4/h5-6H,7H2,1-4H3,(H,15,16,18). The second-order valence-corrected chi connectivity index (χ2v) is 6.38. The van der Waals surface area contributed by atoms with E-state index in [2.05, 4.69) is 15.0 Å². The van der Waals surface area contributed by atoms with Crippen molar-refractivity contribution in [2.24, 2.45) is 0 Å². The summed E-state index contributed by atoms with van der Waals surface area (Å²) >= 11 is 7.00. The molecule has 0 saturated heterocycles. The summed E-state index contributed by atoms with van der Waals surface area (Å²) in [7, 11) is 1.31. The van der Waals surface area contributed by atoms with Crippen LogP contribution < -0.4 is 5.32 Å². The summed E-state index contributed by atoms with van der Waals surface area (Å²) < 4.78 is 9.71. The molecule has 0 saturated carbocycles. The van der Waals surface area contributed by atoms with Gasteiger partial charge in [0.2, 0.25) is 0 Å². The topological polar surface area (TPSA) is 77.5 Å². The third-order valence-electron chi connectivity index (χ3n) is 2.02. The fourth-order valence-corrected chi connectivity index (χ4v) is 2.16. The zero-order valence-electron chi connectivity index (χ0n) is 12.2. The Balaban J connectivity index is 2.82. The van der Waals surface area contributed by atoms with E-state index in [1.807, 2.05) is 0 Å². The smallest absolute Gasteiger partial charge is 0.413 e. The number of hydrogen-bond donors (Lipinski definition) is 1. The highest BCUT2D eigenvalue weighted by molar-refractivity contribution is 8.00. The van der Waals surface area contributed by atoms with Crippen LogP contribution in [0, 0.1) is 0 Å². The van der Waals surface area contributed by atoms with Crippen molar-refractivity contribution in [1.29, 1.82) is 0 Å². The number of amides is 1. The van der Waals surface area contributed by atoms with Crippen LogP contribution in [0.4, 0.5) is 10.6 Å². The number of esters is 1. The molecule has 0 aliphatic carbocycles. The molecule has 0 spiro atoms. The minimum Gasteiger partial charge on any atom is -0.468 e. The fraction of sp³-hybridized carbons (Fsp3) is 0.462. The zero-order chi connectivity index (χ0) is 16.0. The Morgan fingerprint density at radius 2 is 2.05 bits per heavy atom. The molecule has 1 aromatic rings. The lowest BCUT2D eigenvalue weighted by atomic mass is 10.2. The first-order valence-electron chi connectivity index (χ1n) is 6.07. The molecule has 0 bridgehead atoms. The van der Waals surface area contributed by atoms with E-state index in [9.17, 15) is 9.59 Å². The van der Waals surface area contributed by atoms with Crippen LogP contribution in [0.2, 0.25) is 5.15 Å². The van der Waals surface area contributed by atoms with Gasteiger partial charge in [-0.15, -0.1) is 11.8 Å². The predicted octanol–water partition coefficient (Wildman–Crippen LogP) is 3.35. The number of pyridine rings is 1. The van der Waals surface area contributed by atoms with Gasteiger partial charge in [0.1, 0.15) is 10.8 Å². The van der Waals surface area contributed by atoms with Gasteiger partial charge < -0.3 is 9.47 Å². The van der Waals surface area contributed by atoms with Gasteiger partial charge in [-0.3, -0.25) is 10.1 Å².